The van der Waals surface area contributed by atoms with Crippen molar-refractivity contribution in [2.45, 2.75) is 33.2 Å². The maximum Gasteiger partial charge on any atom is 0.327 e. The molecule has 1 aromatic rings. The van der Waals surface area contributed by atoms with E-state index in [1.165, 1.54) is 0 Å². The van der Waals surface area contributed by atoms with Crippen molar-refractivity contribution in [1.29, 1.82) is 0 Å². The first kappa shape index (κ1) is 15.8. The molecule has 0 radical (unpaired) electrons. The average molecular weight is 275 g/mol. The van der Waals surface area contributed by atoms with Gasteiger partial charge < -0.3 is 10.7 Å². The van der Waals surface area contributed by atoms with Crippen LogP contribution in [-0.4, -0.2) is 11.8 Å². The molecule has 3 N–H and O–H groups in total. The maximum absolute atomic E-state index is 11.7. The Kier molecular flexibility index (Phi) is 6.29. The molecule has 0 heterocycles. The predicted molar refractivity (Wildman–Crippen MR) is 78.3 cm³/mol. The largest absolute Gasteiger partial charge is 0.341 e. The summed E-state index contributed by atoms with van der Waals surface area (Å²) in [5.74, 6) is -1.37. The summed E-state index contributed by atoms with van der Waals surface area (Å²) < 4.78 is 0. The normalized spacial score (nSPS) is 12.4. The van der Waals surface area contributed by atoms with Gasteiger partial charge in [0.2, 0.25) is 0 Å². The molecule has 0 aliphatic carbocycles. The van der Waals surface area contributed by atoms with E-state index in [-0.39, 0.29) is 6.04 Å². The van der Waals surface area contributed by atoms with E-state index >= 15 is 0 Å². The molecule has 0 spiro atoms. The first-order valence-corrected chi connectivity index (χ1v) is 6.65. The minimum Gasteiger partial charge on any atom is -0.341 e. The van der Waals surface area contributed by atoms with Crippen molar-refractivity contribution in [2.24, 2.45) is 0 Å². The van der Waals surface area contributed by atoms with E-state index in [2.05, 4.69) is 16.2 Å². The molecule has 0 fully saturated rings. The minimum absolute atomic E-state index is 0.221. The van der Waals surface area contributed by atoms with Gasteiger partial charge in [0.25, 0.3) is 0 Å². The summed E-state index contributed by atoms with van der Waals surface area (Å²) in [6.07, 6.45) is 2.59. The standard InChI is InChI=1S/C15H21N3O2/c1-4-13(5-2)17-18-15(20)14(19)16-11(3)12-9-7-6-8-10-12/h4,6-11,17H,5H2,1-3H3,(H,16,19)(H,18,20)/b13-4-/t11-/m0/s1. The molecule has 5 heteroatoms. The van der Waals surface area contributed by atoms with Crippen molar-refractivity contribution in [3.63, 3.8) is 0 Å². The van der Waals surface area contributed by atoms with Crippen LogP contribution in [0.2, 0.25) is 0 Å². The number of carbonyl (C=O) groups is 2. The van der Waals surface area contributed by atoms with Crippen LogP contribution in [0.1, 0.15) is 38.8 Å². The molecule has 1 rings (SSSR count). The fourth-order valence-electron chi connectivity index (χ4n) is 1.65. The predicted octanol–water partition coefficient (Wildman–Crippen LogP) is 1.80. The molecule has 20 heavy (non-hydrogen) atoms. The van der Waals surface area contributed by atoms with E-state index in [1.54, 1.807) is 0 Å². The van der Waals surface area contributed by atoms with Crippen molar-refractivity contribution < 1.29 is 9.59 Å². The summed E-state index contributed by atoms with van der Waals surface area (Å²) in [7, 11) is 0. The van der Waals surface area contributed by atoms with Crippen LogP contribution in [0, 0.1) is 0 Å². The summed E-state index contributed by atoms with van der Waals surface area (Å²) >= 11 is 0. The lowest BCUT2D eigenvalue weighted by Crippen LogP contribution is -2.46. The lowest BCUT2D eigenvalue weighted by molar-refractivity contribution is -0.140. The molecule has 5 nitrogen and oxygen atoms in total. The molecule has 0 saturated heterocycles. The van der Waals surface area contributed by atoms with Crippen LogP contribution in [0.5, 0.6) is 0 Å². The van der Waals surface area contributed by atoms with E-state index in [4.69, 9.17) is 0 Å². The number of amides is 2. The van der Waals surface area contributed by atoms with E-state index < -0.39 is 11.8 Å². The molecule has 1 atom stereocenters. The van der Waals surface area contributed by atoms with E-state index in [9.17, 15) is 9.59 Å². The lowest BCUT2D eigenvalue weighted by Gasteiger charge is -2.15. The number of rotatable bonds is 5. The van der Waals surface area contributed by atoms with Crippen LogP contribution in [0.25, 0.3) is 0 Å². The monoisotopic (exact) mass is 275 g/mol. The van der Waals surface area contributed by atoms with Crippen LogP contribution in [0.3, 0.4) is 0 Å². The van der Waals surface area contributed by atoms with Crippen molar-refractivity contribution in [2.75, 3.05) is 0 Å². The van der Waals surface area contributed by atoms with Crippen LogP contribution in [0.15, 0.2) is 42.1 Å². The first-order valence-electron chi connectivity index (χ1n) is 6.65. The van der Waals surface area contributed by atoms with E-state index in [1.807, 2.05) is 57.2 Å². The molecule has 0 saturated carbocycles. The Morgan fingerprint density at radius 2 is 1.80 bits per heavy atom. The van der Waals surface area contributed by atoms with Crippen molar-refractivity contribution in [1.82, 2.24) is 16.2 Å². The molecule has 2 amide bonds. The van der Waals surface area contributed by atoms with Gasteiger partial charge in [0, 0.05) is 5.70 Å². The fraction of sp³-hybridized carbons (Fsp3) is 0.333. The quantitative estimate of drug-likeness (QED) is 0.567. The number of hydrogen-bond donors (Lipinski definition) is 3. The summed E-state index contributed by atoms with van der Waals surface area (Å²) in [6.45, 7) is 5.64. The molecule has 108 valence electrons. The number of nitrogens with one attached hydrogen (secondary N) is 3. The van der Waals surface area contributed by atoms with Gasteiger partial charge in [-0.2, -0.15) is 0 Å². The molecular weight excluding hydrogens is 254 g/mol. The van der Waals surface area contributed by atoms with Gasteiger partial charge in [0.15, 0.2) is 0 Å². The summed E-state index contributed by atoms with van der Waals surface area (Å²) in [5.41, 5.74) is 6.88. The van der Waals surface area contributed by atoms with Crippen LogP contribution < -0.4 is 16.2 Å². The minimum atomic E-state index is -0.708. The van der Waals surface area contributed by atoms with E-state index in [0.29, 0.717) is 0 Å². The van der Waals surface area contributed by atoms with Crippen molar-refractivity contribution in [3.8, 4) is 0 Å². The van der Waals surface area contributed by atoms with Gasteiger partial charge in [0.1, 0.15) is 0 Å². The zero-order valence-corrected chi connectivity index (χ0v) is 12.1. The highest BCUT2D eigenvalue weighted by molar-refractivity contribution is 6.35. The second-order valence-electron chi connectivity index (χ2n) is 4.35. The van der Waals surface area contributed by atoms with Gasteiger partial charge in [-0.3, -0.25) is 15.0 Å². The Hall–Kier alpha value is -2.30. The summed E-state index contributed by atoms with van der Waals surface area (Å²) in [6, 6.07) is 9.25. The molecular formula is C15H21N3O2. The Morgan fingerprint density at radius 1 is 1.15 bits per heavy atom. The van der Waals surface area contributed by atoms with Gasteiger partial charge in [-0.25, -0.2) is 0 Å². The first-order chi connectivity index (χ1) is 9.58. The van der Waals surface area contributed by atoms with Gasteiger partial charge in [0.05, 0.1) is 6.04 Å². The lowest BCUT2D eigenvalue weighted by atomic mass is 10.1. The molecule has 0 aliphatic heterocycles. The van der Waals surface area contributed by atoms with Crippen LogP contribution >= 0.6 is 0 Å². The molecule has 0 bridgehead atoms. The maximum atomic E-state index is 11.7. The second kappa shape index (κ2) is 7.99. The molecule has 0 unspecified atom stereocenters. The highest BCUT2D eigenvalue weighted by Crippen LogP contribution is 2.10. The van der Waals surface area contributed by atoms with Gasteiger partial charge in [-0.1, -0.05) is 43.3 Å². The van der Waals surface area contributed by atoms with Gasteiger partial charge >= 0.3 is 11.8 Å². The zero-order valence-electron chi connectivity index (χ0n) is 12.1. The number of allylic oxidation sites excluding steroid dienone is 2. The Balaban J connectivity index is 2.48. The Bertz CT molecular complexity index is 483. The van der Waals surface area contributed by atoms with Gasteiger partial charge in [-0.15, -0.1) is 0 Å². The number of benzene rings is 1. The third-order valence-corrected chi connectivity index (χ3v) is 2.92. The summed E-state index contributed by atoms with van der Waals surface area (Å²) in [5, 5.41) is 2.65. The van der Waals surface area contributed by atoms with Gasteiger partial charge in [-0.05, 0) is 25.8 Å². The highest BCUT2D eigenvalue weighted by atomic mass is 16.2. The van der Waals surface area contributed by atoms with E-state index in [0.717, 1.165) is 17.7 Å². The van der Waals surface area contributed by atoms with Crippen LogP contribution in [0.4, 0.5) is 0 Å². The third kappa shape index (κ3) is 4.76. The Labute approximate surface area is 119 Å². The van der Waals surface area contributed by atoms with Crippen molar-refractivity contribution in [3.05, 3.63) is 47.7 Å². The Morgan fingerprint density at radius 3 is 2.35 bits per heavy atom. The summed E-state index contributed by atoms with van der Waals surface area (Å²) in [4.78, 5) is 23.4. The highest BCUT2D eigenvalue weighted by Gasteiger charge is 2.16. The molecule has 0 aliphatic rings. The third-order valence-electron chi connectivity index (χ3n) is 2.92. The number of hydrazine groups is 1. The average Bonchev–Trinajstić information content (AvgIpc) is 2.48. The molecule has 0 aromatic heterocycles. The number of hydrogen-bond acceptors (Lipinski definition) is 3. The number of carbonyl (C=O) groups excluding carboxylic acids is 2. The molecule has 1 aromatic carbocycles. The van der Waals surface area contributed by atoms with Crippen LogP contribution in [-0.2, 0) is 9.59 Å². The zero-order chi connectivity index (χ0) is 15.0. The SMILES string of the molecule is C/C=C(/CC)NNC(=O)C(=O)N[C@@H](C)c1ccccc1. The smallest absolute Gasteiger partial charge is 0.327 e. The fourth-order valence-corrected chi connectivity index (χ4v) is 1.65. The van der Waals surface area contributed by atoms with Crippen molar-refractivity contribution >= 4 is 11.8 Å². The second-order valence-corrected chi connectivity index (χ2v) is 4.35. The topological polar surface area (TPSA) is 70.2 Å².